The van der Waals surface area contributed by atoms with E-state index in [-0.39, 0.29) is 4.90 Å². The molecule has 0 radical (unpaired) electrons. The number of rotatable bonds is 3. The lowest BCUT2D eigenvalue weighted by atomic mass is 10.3. The lowest BCUT2D eigenvalue weighted by molar-refractivity contribution is 0.584. The molecule has 1 saturated heterocycles. The molecular weight excluding hydrogens is 226 g/mol. The molecule has 1 aliphatic heterocycles. The van der Waals surface area contributed by atoms with E-state index in [9.17, 15) is 8.42 Å². The monoisotopic (exact) mass is 241 g/mol. The first-order chi connectivity index (χ1) is 7.65. The maximum Gasteiger partial charge on any atom is 0.255 e. The molecule has 1 aliphatic rings. The van der Waals surface area contributed by atoms with Crippen LogP contribution in [0.3, 0.4) is 0 Å². The SMILES string of the molecule is NNS(=O)(=O)c1ccccc1N1CCCC1. The highest BCUT2D eigenvalue weighted by atomic mass is 32.2. The maximum atomic E-state index is 11.7. The minimum Gasteiger partial charge on any atom is -0.370 e. The average Bonchev–Trinajstić information content (AvgIpc) is 2.82. The van der Waals surface area contributed by atoms with Gasteiger partial charge in [-0.3, -0.25) is 5.84 Å². The molecule has 0 aromatic heterocycles. The lowest BCUT2D eigenvalue weighted by Gasteiger charge is -2.20. The summed E-state index contributed by atoms with van der Waals surface area (Å²) in [6, 6.07) is 6.92. The summed E-state index contributed by atoms with van der Waals surface area (Å²) in [4.78, 5) is 4.19. The van der Waals surface area contributed by atoms with Gasteiger partial charge < -0.3 is 4.90 Å². The number of sulfonamides is 1. The van der Waals surface area contributed by atoms with Crippen LogP contribution in [0.1, 0.15) is 12.8 Å². The van der Waals surface area contributed by atoms with Crippen molar-refractivity contribution >= 4 is 15.7 Å². The van der Waals surface area contributed by atoms with Crippen LogP contribution in [0.25, 0.3) is 0 Å². The molecule has 0 atom stereocenters. The molecule has 0 aliphatic carbocycles. The highest BCUT2D eigenvalue weighted by Gasteiger charge is 2.22. The van der Waals surface area contributed by atoms with Crippen molar-refractivity contribution in [2.45, 2.75) is 17.7 Å². The number of nitrogens with one attached hydrogen (secondary N) is 1. The van der Waals surface area contributed by atoms with E-state index >= 15 is 0 Å². The van der Waals surface area contributed by atoms with Gasteiger partial charge in [-0.15, -0.1) is 4.83 Å². The highest BCUT2D eigenvalue weighted by Crippen LogP contribution is 2.27. The van der Waals surface area contributed by atoms with Gasteiger partial charge in [-0.2, -0.15) is 0 Å². The highest BCUT2D eigenvalue weighted by molar-refractivity contribution is 7.89. The summed E-state index contributed by atoms with van der Waals surface area (Å²) >= 11 is 0. The molecule has 0 spiro atoms. The van der Waals surface area contributed by atoms with Gasteiger partial charge in [-0.1, -0.05) is 12.1 Å². The quantitative estimate of drug-likeness (QED) is 0.594. The van der Waals surface area contributed by atoms with Crippen molar-refractivity contribution in [1.29, 1.82) is 0 Å². The van der Waals surface area contributed by atoms with E-state index in [1.807, 2.05) is 17.0 Å². The Morgan fingerprint density at radius 1 is 1.19 bits per heavy atom. The number of hydrazine groups is 1. The molecule has 0 bridgehead atoms. The second kappa shape index (κ2) is 4.40. The summed E-state index contributed by atoms with van der Waals surface area (Å²) in [5.41, 5.74) is 0.734. The summed E-state index contributed by atoms with van der Waals surface area (Å²) in [6.45, 7) is 1.80. The van der Waals surface area contributed by atoms with Gasteiger partial charge in [0.15, 0.2) is 0 Å². The molecule has 6 heteroatoms. The van der Waals surface area contributed by atoms with E-state index in [0.717, 1.165) is 31.6 Å². The fraction of sp³-hybridized carbons (Fsp3) is 0.400. The second-order valence-electron chi connectivity index (χ2n) is 3.78. The molecule has 2 rings (SSSR count). The van der Waals surface area contributed by atoms with Gasteiger partial charge in [0.2, 0.25) is 0 Å². The van der Waals surface area contributed by atoms with Crippen LogP contribution in [-0.4, -0.2) is 21.5 Å². The number of hydrogen-bond acceptors (Lipinski definition) is 4. The zero-order valence-electron chi connectivity index (χ0n) is 8.89. The average molecular weight is 241 g/mol. The van der Waals surface area contributed by atoms with Crippen LogP contribution in [-0.2, 0) is 10.0 Å². The topological polar surface area (TPSA) is 75.4 Å². The minimum atomic E-state index is -3.58. The van der Waals surface area contributed by atoms with Crippen LogP contribution < -0.4 is 15.6 Å². The summed E-state index contributed by atoms with van der Waals surface area (Å²) in [6.07, 6.45) is 2.20. The Hall–Kier alpha value is -1.11. The molecule has 0 amide bonds. The molecule has 0 saturated carbocycles. The number of anilines is 1. The van der Waals surface area contributed by atoms with Crippen LogP contribution in [0, 0.1) is 0 Å². The van der Waals surface area contributed by atoms with Gasteiger partial charge in [0.25, 0.3) is 10.0 Å². The van der Waals surface area contributed by atoms with Crippen molar-refractivity contribution in [2.24, 2.45) is 5.84 Å². The van der Waals surface area contributed by atoms with Gasteiger partial charge in [0, 0.05) is 13.1 Å². The fourth-order valence-electron chi connectivity index (χ4n) is 1.97. The van der Waals surface area contributed by atoms with E-state index in [0.29, 0.717) is 0 Å². The minimum absolute atomic E-state index is 0.249. The van der Waals surface area contributed by atoms with E-state index in [2.05, 4.69) is 4.90 Å². The smallest absolute Gasteiger partial charge is 0.255 e. The molecule has 3 N–H and O–H groups in total. The second-order valence-corrected chi connectivity index (χ2v) is 5.47. The molecule has 0 unspecified atom stereocenters. The first kappa shape index (κ1) is 11.4. The van der Waals surface area contributed by atoms with Gasteiger partial charge >= 0.3 is 0 Å². The molecule has 1 fully saturated rings. The maximum absolute atomic E-state index is 11.7. The molecule has 1 aromatic rings. The summed E-state index contributed by atoms with van der Waals surface area (Å²) in [5, 5.41) is 0. The largest absolute Gasteiger partial charge is 0.370 e. The molecule has 16 heavy (non-hydrogen) atoms. The predicted octanol–water partition coefficient (Wildman–Crippen LogP) is 0.439. The summed E-state index contributed by atoms with van der Waals surface area (Å²) < 4.78 is 23.4. The number of hydrogen-bond donors (Lipinski definition) is 2. The van der Waals surface area contributed by atoms with Gasteiger partial charge in [0.1, 0.15) is 4.90 Å². The van der Waals surface area contributed by atoms with Crippen molar-refractivity contribution in [2.75, 3.05) is 18.0 Å². The molecule has 1 aromatic carbocycles. The third kappa shape index (κ3) is 2.04. The Morgan fingerprint density at radius 2 is 1.81 bits per heavy atom. The van der Waals surface area contributed by atoms with E-state index < -0.39 is 10.0 Å². The Morgan fingerprint density at radius 3 is 2.44 bits per heavy atom. The van der Waals surface area contributed by atoms with Crippen LogP contribution in [0.5, 0.6) is 0 Å². The van der Waals surface area contributed by atoms with Crippen molar-refractivity contribution in [3.63, 3.8) is 0 Å². The van der Waals surface area contributed by atoms with E-state index in [4.69, 9.17) is 5.84 Å². The van der Waals surface area contributed by atoms with Crippen LogP contribution in [0.4, 0.5) is 5.69 Å². The van der Waals surface area contributed by atoms with E-state index in [1.165, 1.54) is 0 Å². The lowest BCUT2D eigenvalue weighted by Crippen LogP contribution is -2.32. The van der Waals surface area contributed by atoms with Crippen molar-refractivity contribution in [3.8, 4) is 0 Å². The molecule has 1 heterocycles. The number of nitrogens with two attached hydrogens (primary N) is 1. The third-order valence-corrected chi connectivity index (χ3v) is 3.99. The Kier molecular flexibility index (Phi) is 3.13. The first-order valence-electron chi connectivity index (χ1n) is 5.21. The van der Waals surface area contributed by atoms with Gasteiger partial charge in [0.05, 0.1) is 5.69 Å². The Bertz CT molecular complexity index is 467. The van der Waals surface area contributed by atoms with Crippen LogP contribution >= 0.6 is 0 Å². The third-order valence-electron chi connectivity index (χ3n) is 2.76. The van der Waals surface area contributed by atoms with Gasteiger partial charge in [-0.05, 0) is 25.0 Å². The van der Waals surface area contributed by atoms with Crippen molar-refractivity contribution in [3.05, 3.63) is 24.3 Å². The number of para-hydroxylation sites is 1. The normalized spacial score (nSPS) is 16.7. The molecule has 5 nitrogen and oxygen atoms in total. The number of nitrogens with zero attached hydrogens (tertiary/aromatic N) is 1. The first-order valence-corrected chi connectivity index (χ1v) is 6.70. The van der Waals surface area contributed by atoms with Crippen molar-refractivity contribution < 1.29 is 8.42 Å². The summed E-state index contributed by atoms with van der Waals surface area (Å²) in [5.74, 6) is 5.05. The molecular formula is C10H15N3O2S. The standard InChI is InChI=1S/C10H15N3O2S/c11-12-16(14,15)10-6-2-1-5-9(10)13-7-3-4-8-13/h1-2,5-6,12H,3-4,7-8,11H2. The molecule has 88 valence electrons. The fourth-order valence-corrected chi connectivity index (χ4v) is 2.82. The summed E-state index contributed by atoms with van der Waals surface area (Å²) in [7, 11) is -3.58. The van der Waals surface area contributed by atoms with Crippen LogP contribution in [0.15, 0.2) is 29.2 Å². The van der Waals surface area contributed by atoms with Crippen LogP contribution in [0.2, 0.25) is 0 Å². The van der Waals surface area contributed by atoms with E-state index in [1.54, 1.807) is 12.1 Å². The van der Waals surface area contributed by atoms with Gasteiger partial charge in [-0.25, -0.2) is 8.42 Å². The zero-order valence-corrected chi connectivity index (χ0v) is 9.70. The zero-order chi connectivity index (χ0) is 11.6. The Balaban J connectivity index is 2.45. The van der Waals surface area contributed by atoms with Crippen molar-refractivity contribution in [1.82, 2.24) is 4.83 Å². The predicted molar refractivity (Wildman–Crippen MR) is 62.4 cm³/mol. The Labute approximate surface area is 95.3 Å². The number of benzene rings is 1.